The zero-order chi connectivity index (χ0) is 5.44. The van der Waals surface area contributed by atoms with Gasteiger partial charge in [0.05, 0.1) is 6.42 Å². The maximum atomic E-state index is 2.31. The number of hydrogen-bond donors (Lipinski definition) is 0. The first-order valence-corrected chi connectivity index (χ1v) is 3.13. The highest BCUT2D eigenvalue weighted by Gasteiger charge is 2.55. The average Bonchev–Trinajstić information content (AvgIpc) is 2.17. The van der Waals surface area contributed by atoms with Gasteiger partial charge < -0.3 is 0 Å². The molecule has 0 nitrogen and oxygen atoms in total. The molecule has 1 fully saturated rings. The summed E-state index contributed by atoms with van der Waals surface area (Å²) in [5.74, 6) is 3.66. The van der Waals surface area contributed by atoms with E-state index in [0.717, 1.165) is 11.8 Å². The van der Waals surface area contributed by atoms with Crippen LogP contribution in [0.1, 0.15) is 27.2 Å². The van der Waals surface area contributed by atoms with E-state index < -0.39 is 0 Å². The summed E-state index contributed by atoms with van der Waals surface area (Å²) in [6.45, 7) is 6.86. The molecule has 0 aromatic heterocycles. The molecule has 0 bridgehead atoms. The second-order valence-corrected chi connectivity index (χ2v) is 2.51. The van der Waals surface area contributed by atoms with Crippen molar-refractivity contribution in [3.8, 4) is 0 Å². The fraction of sp³-hybridized carbons (Fsp3) is 0.857. The lowest BCUT2D eigenvalue weighted by atomic mass is 10.3. The molecule has 2 atom stereocenters. The van der Waals surface area contributed by atoms with Gasteiger partial charge in [-0.05, 0) is 20.8 Å². The van der Waals surface area contributed by atoms with Gasteiger partial charge in [0.15, 0.2) is 0 Å². The molecule has 2 unspecified atom stereocenters. The number of rotatable bonds is 1. The van der Waals surface area contributed by atoms with Gasteiger partial charge in [-0.1, -0.05) is 0 Å². The molecule has 0 aromatic rings. The minimum absolute atomic E-state index is 0.949. The van der Waals surface area contributed by atoms with Gasteiger partial charge in [0.1, 0.15) is 17.8 Å². The largest absolute Gasteiger partial charge is 0.140 e. The van der Waals surface area contributed by atoms with Gasteiger partial charge in [0.2, 0.25) is 0 Å². The van der Waals surface area contributed by atoms with Gasteiger partial charge in [-0.15, -0.1) is 0 Å². The highest BCUT2D eigenvalue weighted by atomic mass is 14.5. The van der Waals surface area contributed by atoms with Crippen LogP contribution in [-0.2, 0) is 0 Å². The van der Waals surface area contributed by atoms with Gasteiger partial charge in [-0.3, -0.25) is 0 Å². The highest BCUT2D eigenvalue weighted by Crippen LogP contribution is 2.49. The van der Waals surface area contributed by atoms with Gasteiger partial charge in [-0.25, -0.2) is 0 Å². The summed E-state index contributed by atoms with van der Waals surface area (Å²) in [7, 11) is 0. The molecule has 0 N–H and O–H groups in total. The highest BCUT2D eigenvalue weighted by molar-refractivity contribution is 5.16. The van der Waals surface area contributed by atoms with E-state index in [0.29, 0.717) is 0 Å². The van der Waals surface area contributed by atoms with Crippen molar-refractivity contribution in [3.63, 3.8) is 0 Å². The Hall–Kier alpha value is -0.130. The quantitative estimate of drug-likeness (QED) is 0.440. The third-order valence-electron chi connectivity index (χ3n) is 2.22. The molecule has 7 heavy (non-hydrogen) atoms. The maximum absolute atomic E-state index is 2.31. The molecular formula is C7H13+. The Bertz CT molecular complexity index is 58.4. The van der Waals surface area contributed by atoms with Crippen LogP contribution in [0.3, 0.4) is 0 Å². The minimum atomic E-state index is 0.949. The first kappa shape index (κ1) is 5.02. The molecule has 0 radical (unpaired) electrons. The van der Waals surface area contributed by atoms with Crippen molar-refractivity contribution in [2.24, 2.45) is 11.8 Å². The number of hydrogen-bond acceptors (Lipinski definition) is 0. The molecule has 0 aliphatic heterocycles. The fourth-order valence-electron chi connectivity index (χ4n) is 1.30. The van der Waals surface area contributed by atoms with Gasteiger partial charge in [0, 0.05) is 0 Å². The summed E-state index contributed by atoms with van der Waals surface area (Å²) in [5.41, 5.74) is 0. The van der Waals surface area contributed by atoms with Crippen LogP contribution in [0.4, 0.5) is 0 Å². The predicted molar refractivity (Wildman–Crippen MR) is 31.9 cm³/mol. The van der Waals surface area contributed by atoms with Crippen molar-refractivity contribution in [1.29, 1.82) is 0 Å². The van der Waals surface area contributed by atoms with Crippen molar-refractivity contribution < 1.29 is 0 Å². The summed E-state index contributed by atoms with van der Waals surface area (Å²) in [4.78, 5) is 0. The molecule has 0 saturated heterocycles. The fourth-order valence-corrected chi connectivity index (χ4v) is 1.30. The van der Waals surface area contributed by atoms with E-state index in [1.807, 2.05) is 0 Å². The Labute approximate surface area is 45.9 Å². The molecule has 0 heteroatoms. The van der Waals surface area contributed by atoms with E-state index in [4.69, 9.17) is 0 Å². The van der Waals surface area contributed by atoms with E-state index >= 15 is 0 Å². The van der Waals surface area contributed by atoms with Crippen LogP contribution in [-0.4, -0.2) is 0 Å². The molecule has 1 aliphatic rings. The van der Waals surface area contributed by atoms with Gasteiger partial charge in [0.25, 0.3) is 0 Å². The van der Waals surface area contributed by atoms with Crippen LogP contribution in [0.25, 0.3) is 0 Å². The van der Waals surface area contributed by atoms with Gasteiger partial charge >= 0.3 is 0 Å². The topological polar surface area (TPSA) is 0 Å². The molecule has 0 heterocycles. The third-order valence-corrected chi connectivity index (χ3v) is 2.22. The lowest BCUT2D eigenvalue weighted by Crippen LogP contribution is -1.66. The monoisotopic (exact) mass is 97.1 g/mol. The Kier molecular flexibility index (Phi) is 1.02. The lowest BCUT2D eigenvalue weighted by Gasteiger charge is -1.67. The Morgan fingerprint density at radius 3 is 1.71 bits per heavy atom. The van der Waals surface area contributed by atoms with Crippen molar-refractivity contribution >= 4 is 0 Å². The average molecular weight is 97.2 g/mol. The second-order valence-electron chi connectivity index (χ2n) is 2.51. The summed E-state index contributed by atoms with van der Waals surface area (Å²) in [6, 6.07) is 0. The summed E-state index contributed by atoms with van der Waals surface area (Å²) in [6.07, 6.45) is 1.31. The second kappa shape index (κ2) is 1.43. The van der Waals surface area contributed by atoms with E-state index in [9.17, 15) is 0 Å². The van der Waals surface area contributed by atoms with Crippen LogP contribution in [0.15, 0.2) is 0 Å². The van der Waals surface area contributed by atoms with Crippen LogP contribution < -0.4 is 0 Å². The molecule has 1 aliphatic carbocycles. The van der Waals surface area contributed by atoms with Crippen LogP contribution in [0.5, 0.6) is 0 Å². The zero-order valence-corrected chi connectivity index (χ0v) is 5.36. The molecule has 0 aromatic carbocycles. The molecule has 1 saturated carbocycles. The molecule has 40 valence electrons. The van der Waals surface area contributed by atoms with Gasteiger partial charge in [-0.2, -0.15) is 0 Å². The first-order valence-electron chi connectivity index (χ1n) is 3.13. The lowest BCUT2D eigenvalue weighted by molar-refractivity contribution is 0.834. The first-order chi connectivity index (χ1) is 3.27. The van der Waals surface area contributed by atoms with E-state index in [1.165, 1.54) is 6.42 Å². The summed E-state index contributed by atoms with van der Waals surface area (Å²) < 4.78 is 0. The molecule has 0 amide bonds. The molecular weight excluding hydrogens is 84.1 g/mol. The summed E-state index contributed by atoms with van der Waals surface area (Å²) in [5, 5.41) is 0. The SMILES string of the molecule is CC[C+]1C(C)C1C. The molecule has 0 spiro atoms. The Morgan fingerprint density at radius 1 is 1.29 bits per heavy atom. The standard InChI is InChI=1S/C7H13/c1-4-7-5(2)6(7)3/h5-6H,4H2,1-3H3/q+1. The predicted octanol–water partition coefficient (Wildman–Crippen LogP) is 2.26. The zero-order valence-electron chi connectivity index (χ0n) is 5.36. The van der Waals surface area contributed by atoms with Crippen molar-refractivity contribution in [1.82, 2.24) is 0 Å². The van der Waals surface area contributed by atoms with Crippen LogP contribution in [0, 0.1) is 17.8 Å². The molecule has 1 rings (SSSR count). The van der Waals surface area contributed by atoms with Crippen LogP contribution in [0.2, 0.25) is 0 Å². The smallest absolute Gasteiger partial charge is 0.0242 e. The maximum Gasteiger partial charge on any atom is 0.140 e. The minimum Gasteiger partial charge on any atom is -0.0242 e. The normalized spacial score (nSPS) is 39.0. The van der Waals surface area contributed by atoms with Crippen molar-refractivity contribution in [2.75, 3.05) is 0 Å². The van der Waals surface area contributed by atoms with Crippen molar-refractivity contribution in [2.45, 2.75) is 27.2 Å². The van der Waals surface area contributed by atoms with E-state index in [-0.39, 0.29) is 0 Å². The van der Waals surface area contributed by atoms with Crippen LogP contribution >= 0.6 is 0 Å². The van der Waals surface area contributed by atoms with Crippen molar-refractivity contribution in [3.05, 3.63) is 5.92 Å². The summed E-state index contributed by atoms with van der Waals surface area (Å²) >= 11 is 0. The third kappa shape index (κ3) is 0.624. The van der Waals surface area contributed by atoms with E-state index in [2.05, 4.69) is 20.8 Å². The Balaban J connectivity index is 2.24. The Morgan fingerprint density at radius 2 is 1.71 bits per heavy atom. The van der Waals surface area contributed by atoms with E-state index in [1.54, 1.807) is 5.92 Å².